The molecule has 1 amide bonds. The van der Waals surface area contributed by atoms with Crippen molar-refractivity contribution in [3.8, 4) is 0 Å². The number of rotatable bonds is 3. The molecule has 7 heteroatoms. The molecule has 0 aliphatic carbocycles. The quantitative estimate of drug-likeness (QED) is 0.894. The summed E-state index contributed by atoms with van der Waals surface area (Å²) < 4.78 is 13.2. The molecule has 25 heavy (non-hydrogen) atoms. The maximum Gasteiger partial charge on any atom is 0.274 e. The molecule has 1 fully saturated rings. The monoisotopic (exact) mass is 362 g/mol. The summed E-state index contributed by atoms with van der Waals surface area (Å²) in [5.41, 5.74) is 1.42. The molecule has 0 saturated carbocycles. The summed E-state index contributed by atoms with van der Waals surface area (Å²) in [6.45, 7) is 5.82. The molecule has 1 N–H and O–H groups in total. The summed E-state index contributed by atoms with van der Waals surface area (Å²) in [4.78, 5) is 23.5. The normalized spacial score (nSPS) is 17.4. The Bertz CT molecular complexity index is 799. The molecule has 1 aromatic carbocycles. The van der Waals surface area contributed by atoms with E-state index in [4.69, 9.17) is 11.6 Å². The van der Waals surface area contributed by atoms with E-state index in [0.29, 0.717) is 17.6 Å². The lowest BCUT2D eigenvalue weighted by molar-refractivity contribution is 0.102. The standard InChI is InChI=1S/C18H20ClFN4O/c1-11-4-3-7-24(10-11)18-21-12(2)8-16(23-18)17(25)22-13-5-6-15(20)14(19)9-13/h5-6,8-9,11H,3-4,7,10H2,1-2H3,(H,22,25). The molecule has 1 atom stereocenters. The molecule has 2 heterocycles. The number of aromatic nitrogens is 2. The molecule has 1 aromatic heterocycles. The Labute approximate surface area is 151 Å². The summed E-state index contributed by atoms with van der Waals surface area (Å²) in [7, 11) is 0. The topological polar surface area (TPSA) is 58.1 Å². The highest BCUT2D eigenvalue weighted by molar-refractivity contribution is 6.31. The van der Waals surface area contributed by atoms with Crippen LogP contribution in [0.2, 0.25) is 5.02 Å². The highest BCUT2D eigenvalue weighted by Gasteiger charge is 2.20. The number of nitrogens with zero attached hydrogens (tertiary/aromatic N) is 3. The van der Waals surface area contributed by atoms with E-state index in [9.17, 15) is 9.18 Å². The van der Waals surface area contributed by atoms with E-state index >= 15 is 0 Å². The van der Waals surface area contributed by atoms with E-state index in [1.54, 1.807) is 6.07 Å². The summed E-state index contributed by atoms with van der Waals surface area (Å²) in [6.07, 6.45) is 2.29. The van der Waals surface area contributed by atoms with Crippen LogP contribution in [0.15, 0.2) is 24.3 Å². The van der Waals surface area contributed by atoms with Gasteiger partial charge in [-0.05, 0) is 49.9 Å². The predicted molar refractivity (Wildman–Crippen MR) is 96.7 cm³/mol. The SMILES string of the molecule is Cc1cc(C(=O)Nc2ccc(F)c(Cl)c2)nc(N2CCCC(C)C2)n1. The van der Waals surface area contributed by atoms with Crippen molar-refractivity contribution in [2.24, 2.45) is 5.92 Å². The lowest BCUT2D eigenvalue weighted by Crippen LogP contribution is -2.36. The largest absolute Gasteiger partial charge is 0.341 e. The molecule has 0 spiro atoms. The average molecular weight is 363 g/mol. The van der Waals surface area contributed by atoms with Crippen molar-refractivity contribution >= 4 is 29.1 Å². The average Bonchev–Trinajstić information content (AvgIpc) is 2.57. The number of halogens is 2. The molecule has 1 unspecified atom stereocenters. The third kappa shape index (κ3) is 4.25. The van der Waals surface area contributed by atoms with Gasteiger partial charge in [0.25, 0.3) is 5.91 Å². The molecule has 3 rings (SSSR count). The Hall–Kier alpha value is -2.21. The van der Waals surface area contributed by atoms with Crippen LogP contribution in [0.4, 0.5) is 16.0 Å². The van der Waals surface area contributed by atoms with Crippen molar-refractivity contribution in [2.45, 2.75) is 26.7 Å². The predicted octanol–water partition coefficient (Wildman–Crippen LogP) is 4.07. The fraction of sp³-hybridized carbons (Fsp3) is 0.389. The first-order chi connectivity index (χ1) is 11.9. The zero-order chi connectivity index (χ0) is 18.0. The number of carbonyl (C=O) groups excluding carboxylic acids is 1. The molecule has 1 aliphatic rings. The van der Waals surface area contributed by atoms with E-state index < -0.39 is 5.82 Å². The van der Waals surface area contributed by atoms with Gasteiger partial charge in [-0.3, -0.25) is 4.79 Å². The third-order valence-electron chi connectivity index (χ3n) is 4.19. The maximum absolute atomic E-state index is 13.2. The van der Waals surface area contributed by atoms with Crippen LogP contribution in [-0.2, 0) is 0 Å². The van der Waals surface area contributed by atoms with Gasteiger partial charge < -0.3 is 10.2 Å². The molecule has 0 bridgehead atoms. The first-order valence-corrected chi connectivity index (χ1v) is 8.67. The van der Waals surface area contributed by atoms with E-state index in [2.05, 4.69) is 27.1 Å². The van der Waals surface area contributed by atoms with Crippen molar-refractivity contribution in [3.05, 3.63) is 46.5 Å². The molecular formula is C18H20ClFN4O. The van der Waals surface area contributed by atoms with Gasteiger partial charge in [-0.2, -0.15) is 0 Å². The minimum atomic E-state index is -0.529. The van der Waals surface area contributed by atoms with Crippen LogP contribution < -0.4 is 10.2 Å². The first kappa shape index (κ1) is 17.6. The highest BCUT2D eigenvalue weighted by atomic mass is 35.5. The molecule has 2 aromatic rings. The molecule has 1 aliphatic heterocycles. The van der Waals surface area contributed by atoms with Crippen LogP contribution in [0.25, 0.3) is 0 Å². The summed E-state index contributed by atoms with van der Waals surface area (Å²) >= 11 is 5.75. The van der Waals surface area contributed by atoms with Crippen molar-refractivity contribution < 1.29 is 9.18 Å². The second-order valence-corrected chi connectivity index (χ2v) is 6.88. The molecule has 1 saturated heterocycles. The number of carbonyl (C=O) groups is 1. The number of anilines is 2. The molecule has 132 valence electrons. The number of piperidine rings is 1. The Morgan fingerprint density at radius 1 is 1.36 bits per heavy atom. The Morgan fingerprint density at radius 2 is 2.16 bits per heavy atom. The van der Waals surface area contributed by atoms with Crippen LogP contribution in [-0.4, -0.2) is 29.0 Å². The zero-order valence-corrected chi connectivity index (χ0v) is 15.0. The number of hydrogen-bond acceptors (Lipinski definition) is 4. The minimum absolute atomic E-state index is 0.0420. The number of nitrogens with one attached hydrogen (secondary N) is 1. The van der Waals surface area contributed by atoms with Gasteiger partial charge in [0.2, 0.25) is 5.95 Å². The lowest BCUT2D eigenvalue weighted by Gasteiger charge is -2.31. The van der Waals surface area contributed by atoms with E-state index in [1.165, 1.54) is 24.6 Å². The fourth-order valence-corrected chi connectivity index (χ4v) is 3.13. The van der Waals surface area contributed by atoms with Gasteiger partial charge in [0.15, 0.2) is 0 Å². The molecular weight excluding hydrogens is 343 g/mol. The Balaban J connectivity index is 1.81. The van der Waals surface area contributed by atoms with Crippen LogP contribution in [0, 0.1) is 18.7 Å². The van der Waals surface area contributed by atoms with Crippen molar-refractivity contribution in [2.75, 3.05) is 23.3 Å². The molecule has 0 radical (unpaired) electrons. The number of benzene rings is 1. The first-order valence-electron chi connectivity index (χ1n) is 8.29. The van der Waals surface area contributed by atoms with Crippen LogP contribution >= 0.6 is 11.6 Å². The lowest BCUT2D eigenvalue weighted by atomic mass is 10.0. The summed E-state index contributed by atoms with van der Waals surface area (Å²) in [5.74, 6) is 0.254. The van der Waals surface area contributed by atoms with Gasteiger partial charge >= 0.3 is 0 Å². The second kappa shape index (κ2) is 7.35. The van der Waals surface area contributed by atoms with Crippen molar-refractivity contribution in [3.63, 3.8) is 0 Å². The van der Waals surface area contributed by atoms with Crippen LogP contribution in [0.1, 0.15) is 35.9 Å². The van der Waals surface area contributed by atoms with Gasteiger partial charge in [-0.1, -0.05) is 18.5 Å². The minimum Gasteiger partial charge on any atom is -0.341 e. The van der Waals surface area contributed by atoms with Crippen LogP contribution in [0.3, 0.4) is 0 Å². The maximum atomic E-state index is 13.2. The van der Waals surface area contributed by atoms with Gasteiger partial charge in [0, 0.05) is 24.5 Å². The van der Waals surface area contributed by atoms with Gasteiger partial charge in [-0.15, -0.1) is 0 Å². The number of aryl methyl sites for hydroxylation is 1. The van der Waals surface area contributed by atoms with E-state index in [-0.39, 0.29) is 16.6 Å². The van der Waals surface area contributed by atoms with Crippen molar-refractivity contribution in [1.29, 1.82) is 0 Å². The van der Waals surface area contributed by atoms with Gasteiger partial charge in [0.05, 0.1) is 5.02 Å². The Morgan fingerprint density at radius 3 is 2.88 bits per heavy atom. The van der Waals surface area contributed by atoms with Gasteiger partial charge in [0.1, 0.15) is 11.5 Å². The highest BCUT2D eigenvalue weighted by Crippen LogP contribution is 2.22. The number of hydrogen-bond donors (Lipinski definition) is 1. The van der Waals surface area contributed by atoms with E-state index in [1.807, 2.05) is 6.92 Å². The number of amides is 1. The van der Waals surface area contributed by atoms with Crippen molar-refractivity contribution in [1.82, 2.24) is 9.97 Å². The van der Waals surface area contributed by atoms with E-state index in [0.717, 1.165) is 25.2 Å². The Kier molecular flexibility index (Phi) is 5.18. The summed E-state index contributed by atoms with van der Waals surface area (Å²) in [6, 6.07) is 5.68. The molecule has 5 nitrogen and oxygen atoms in total. The van der Waals surface area contributed by atoms with Crippen LogP contribution in [0.5, 0.6) is 0 Å². The zero-order valence-electron chi connectivity index (χ0n) is 14.2. The fourth-order valence-electron chi connectivity index (χ4n) is 2.95. The van der Waals surface area contributed by atoms with Gasteiger partial charge in [-0.25, -0.2) is 14.4 Å². The smallest absolute Gasteiger partial charge is 0.274 e. The third-order valence-corrected chi connectivity index (χ3v) is 4.48. The second-order valence-electron chi connectivity index (χ2n) is 6.47. The summed E-state index contributed by atoms with van der Waals surface area (Å²) in [5, 5.41) is 2.65.